The molecule has 8 heteroatoms. The topological polar surface area (TPSA) is 64.1 Å². The van der Waals surface area contributed by atoms with Crippen LogP contribution in [-0.2, 0) is 10.5 Å². The largest absolute Gasteiger partial charge is 0.483 e. The standard InChI is InChI=1S/C20H20FN3O2S2/c1-12-8-13(2)18(14(3)9-12)26-10-17(25)22-19-23-24-20(28-19)27-11-15-4-6-16(21)7-5-15/h4-9H,10-11H2,1-3H3,(H,22,23,25). The van der Waals surface area contributed by atoms with Gasteiger partial charge in [-0.1, -0.05) is 52.9 Å². The number of thioether (sulfide) groups is 1. The molecular weight excluding hydrogens is 397 g/mol. The molecule has 0 fully saturated rings. The first-order valence-corrected chi connectivity index (χ1v) is 10.4. The van der Waals surface area contributed by atoms with E-state index in [1.54, 1.807) is 12.1 Å². The number of nitrogens with zero attached hydrogens (tertiary/aromatic N) is 2. The summed E-state index contributed by atoms with van der Waals surface area (Å²) in [5.74, 6) is 0.838. The lowest BCUT2D eigenvalue weighted by atomic mass is 10.1. The Morgan fingerprint density at radius 3 is 2.50 bits per heavy atom. The van der Waals surface area contributed by atoms with Gasteiger partial charge in [0.15, 0.2) is 10.9 Å². The van der Waals surface area contributed by atoms with Crippen LogP contribution in [0.3, 0.4) is 0 Å². The summed E-state index contributed by atoms with van der Waals surface area (Å²) in [5.41, 5.74) is 4.15. The molecule has 0 bridgehead atoms. The number of rotatable bonds is 7. The average molecular weight is 418 g/mol. The third-order valence-electron chi connectivity index (χ3n) is 3.88. The second kappa shape index (κ2) is 9.16. The normalized spacial score (nSPS) is 10.7. The molecule has 0 radical (unpaired) electrons. The van der Waals surface area contributed by atoms with Gasteiger partial charge in [0.2, 0.25) is 5.13 Å². The number of benzene rings is 2. The van der Waals surface area contributed by atoms with Crippen molar-refractivity contribution in [2.45, 2.75) is 30.9 Å². The summed E-state index contributed by atoms with van der Waals surface area (Å²) in [6, 6.07) is 10.4. The van der Waals surface area contributed by atoms with E-state index >= 15 is 0 Å². The van der Waals surface area contributed by atoms with Crippen molar-refractivity contribution in [3.8, 4) is 5.75 Å². The molecule has 3 rings (SSSR count). The van der Waals surface area contributed by atoms with Gasteiger partial charge < -0.3 is 4.74 Å². The van der Waals surface area contributed by atoms with Crippen LogP contribution in [0.15, 0.2) is 40.7 Å². The van der Waals surface area contributed by atoms with Crippen LogP contribution < -0.4 is 10.1 Å². The molecule has 146 valence electrons. The molecule has 28 heavy (non-hydrogen) atoms. The summed E-state index contributed by atoms with van der Waals surface area (Å²) < 4.78 is 19.3. The highest BCUT2D eigenvalue weighted by Crippen LogP contribution is 2.28. The monoisotopic (exact) mass is 417 g/mol. The van der Waals surface area contributed by atoms with E-state index in [1.165, 1.54) is 35.2 Å². The van der Waals surface area contributed by atoms with Crippen molar-refractivity contribution in [2.75, 3.05) is 11.9 Å². The Morgan fingerprint density at radius 2 is 1.82 bits per heavy atom. The lowest BCUT2D eigenvalue weighted by Gasteiger charge is -2.12. The van der Waals surface area contributed by atoms with E-state index in [2.05, 4.69) is 15.5 Å². The molecule has 0 spiro atoms. The number of amides is 1. The van der Waals surface area contributed by atoms with Gasteiger partial charge in [-0.3, -0.25) is 10.1 Å². The van der Waals surface area contributed by atoms with Crippen LogP contribution in [0.4, 0.5) is 9.52 Å². The molecule has 1 aromatic heterocycles. The first-order valence-electron chi connectivity index (χ1n) is 8.62. The zero-order valence-corrected chi connectivity index (χ0v) is 17.4. The van der Waals surface area contributed by atoms with Crippen molar-refractivity contribution < 1.29 is 13.9 Å². The van der Waals surface area contributed by atoms with Gasteiger partial charge in [0.05, 0.1) is 0 Å². The van der Waals surface area contributed by atoms with Crippen molar-refractivity contribution in [3.05, 3.63) is 64.5 Å². The van der Waals surface area contributed by atoms with Gasteiger partial charge in [0.25, 0.3) is 5.91 Å². The van der Waals surface area contributed by atoms with E-state index in [0.29, 0.717) is 10.9 Å². The number of anilines is 1. The predicted molar refractivity (Wildman–Crippen MR) is 111 cm³/mol. The van der Waals surface area contributed by atoms with Crippen molar-refractivity contribution >= 4 is 34.1 Å². The lowest BCUT2D eigenvalue weighted by Crippen LogP contribution is -2.20. The maximum absolute atomic E-state index is 12.9. The van der Waals surface area contributed by atoms with Gasteiger partial charge in [-0.25, -0.2) is 4.39 Å². The van der Waals surface area contributed by atoms with E-state index in [9.17, 15) is 9.18 Å². The molecular formula is C20H20FN3O2S2. The molecule has 0 unspecified atom stereocenters. The highest BCUT2D eigenvalue weighted by atomic mass is 32.2. The number of carbonyl (C=O) groups excluding carboxylic acids is 1. The molecule has 0 atom stereocenters. The summed E-state index contributed by atoms with van der Waals surface area (Å²) in [7, 11) is 0. The summed E-state index contributed by atoms with van der Waals surface area (Å²) in [4.78, 5) is 12.2. The molecule has 3 aromatic rings. The fraction of sp³-hybridized carbons (Fsp3) is 0.250. The first kappa shape index (κ1) is 20.3. The van der Waals surface area contributed by atoms with Crippen LogP contribution in [-0.4, -0.2) is 22.7 Å². The Hall–Kier alpha value is -2.45. The molecule has 0 aliphatic heterocycles. The number of hydrogen-bond donors (Lipinski definition) is 1. The van der Waals surface area contributed by atoms with Crippen LogP contribution in [0.1, 0.15) is 22.3 Å². The van der Waals surface area contributed by atoms with Gasteiger partial charge in [-0.2, -0.15) is 0 Å². The Bertz CT molecular complexity index is 951. The number of nitrogens with one attached hydrogen (secondary N) is 1. The minimum Gasteiger partial charge on any atom is -0.483 e. The minimum absolute atomic E-state index is 0.0949. The zero-order valence-electron chi connectivity index (χ0n) is 15.8. The van der Waals surface area contributed by atoms with Crippen LogP contribution >= 0.6 is 23.1 Å². The Morgan fingerprint density at radius 1 is 1.14 bits per heavy atom. The molecule has 1 N–H and O–H groups in total. The van der Waals surface area contributed by atoms with Gasteiger partial charge in [-0.05, 0) is 49.6 Å². The van der Waals surface area contributed by atoms with E-state index in [1.807, 2.05) is 32.9 Å². The highest BCUT2D eigenvalue weighted by Gasteiger charge is 2.12. The second-order valence-corrected chi connectivity index (χ2v) is 8.55. The Balaban J connectivity index is 1.50. The third kappa shape index (κ3) is 5.53. The molecule has 0 saturated heterocycles. The van der Waals surface area contributed by atoms with Crippen LogP contribution in [0, 0.1) is 26.6 Å². The van der Waals surface area contributed by atoms with Gasteiger partial charge in [0.1, 0.15) is 11.6 Å². The molecule has 0 saturated carbocycles. The van der Waals surface area contributed by atoms with Crippen molar-refractivity contribution in [2.24, 2.45) is 0 Å². The molecule has 1 heterocycles. The second-order valence-electron chi connectivity index (χ2n) is 6.35. The van der Waals surface area contributed by atoms with Crippen LogP contribution in [0.2, 0.25) is 0 Å². The van der Waals surface area contributed by atoms with Crippen molar-refractivity contribution in [3.63, 3.8) is 0 Å². The quantitative estimate of drug-likeness (QED) is 0.437. The van der Waals surface area contributed by atoms with E-state index in [-0.39, 0.29) is 18.3 Å². The number of carbonyl (C=O) groups is 1. The van der Waals surface area contributed by atoms with Crippen molar-refractivity contribution in [1.82, 2.24) is 10.2 Å². The van der Waals surface area contributed by atoms with Gasteiger partial charge in [-0.15, -0.1) is 10.2 Å². The summed E-state index contributed by atoms with van der Waals surface area (Å²) in [6.45, 7) is 5.85. The maximum Gasteiger partial charge on any atom is 0.264 e. The molecule has 0 aliphatic carbocycles. The fourth-order valence-corrected chi connectivity index (χ4v) is 4.46. The summed E-state index contributed by atoms with van der Waals surface area (Å²) in [5, 5.41) is 11.2. The number of aryl methyl sites for hydroxylation is 3. The van der Waals surface area contributed by atoms with E-state index in [0.717, 1.165) is 32.3 Å². The lowest BCUT2D eigenvalue weighted by molar-refractivity contribution is -0.118. The molecule has 2 aromatic carbocycles. The fourth-order valence-electron chi connectivity index (χ4n) is 2.73. The number of halogens is 1. The average Bonchev–Trinajstić information content (AvgIpc) is 3.07. The van der Waals surface area contributed by atoms with Crippen LogP contribution in [0.5, 0.6) is 5.75 Å². The van der Waals surface area contributed by atoms with Crippen LogP contribution in [0.25, 0.3) is 0 Å². The Labute approximate surface area is 171 Å². The Kier molecular flexibility index (Phi) is 6.64. The van der Waals surface area contributed by atoms with E-state index in [4.69, 9.17) is 4.74 Å². The predicted octanol–water partition coefficient (Wildman–Crippen LogP) is 4.91. The maximum atomic E-state index is 12.9. The first-order chi connectivity index (χ1) is 13.4. The van der Waals surface area contributed by atoms with Crippen molar-refractivity contribution in [1.29, 1.82) is 0 Å². The zero-order chi connectivity index (χ0) is 20.1. The van der Waals surface area contributed by atoms with Gasteiger partial charge >= 0.3 is 0 Å². The highest BCUT2D eigenvalue weighted by molar-refractivity contribution is 8.00. The molecule has 1 amide bonds. The minimum atomic E-state index is -0.286. The molecule has 0 aliphatic rings. The number of ether oxygens (including phenoxy) is 1. The number of aromatic nitrogens is 2. The summed E-state index contributed by atoms with van der Waals surface area (Å²) >= 11 is 2.78. The van der Waals surface area contributed by atoms with Gasteiger partial charge in [0, 0.05) is 5.75 Å². The SMILES string of the molecule is Cc1cc(C)c(OCC(=O)Nc2nnc(SCc3ccc(F)cc3)s2)c(C)c1. The molecule has 5 nitrogen and oxygen atoms in total. The third-order valence-corrected chi connectivity index (χ3v) is 5.92. The summed E-state index contributed by atoms with van der Waals surface area (Å²) in [6.07, 6.45) is 0. The smallest absolute Gasteiger partial charge is 0.264 e. The number of hydrogen-bond acceptors (Lipinski definition) is 6. The van der Waals surface area contributed by atoms with E-state index < -0.39 is 0 Å².